The van der Waals surface area contributed by atoms with Crippen molar-refractivity contribution < 1.29 is 0 Å². The number of alkyl halides is 1. The largest absolute Gasteiger partial charge is 0.324 e. The SMILES string of the molecule is CCC(C1CCCCC1)n1c(CCl)nc2cc(Br)ccc21. The third-order valence-electron chi connectivity index (χ3n) is 4.79. The normalized spacial score (nSPS) is 18.2. The van der Waals surface area contributed by atoms with Crippen molar-refractivity contribution in [1.29, 1.82) is 0 Å². The summed E-state index contributed by atoms with van der Waals surface area (Å²) in [6.45, 7) is 2.29. The van der Waals surface area contributed by atoms with E-state index in [0.717, 1.165) is 28.2 Å². The molecule has 1 aliphatic rings. The molecule has 3 rings (SSSR count). The van der Waals surface area contributed by atoms with E-state index in [-0.39, 0.29) is 0 Å². The van der Waals surface area contributed by atoms with E-state index in [4.69, 9.17) is 16.6 Å². The lowest BCUT2D eigenvalue weighted by Crippen LogP contribution is -2.22. The molecule has 0 amide bonds. The van der Waals surface area contributed by atoms with E-state index in [1.54, 1.807) is 0 Å². The topological polar surface area (TPSA) is 17.8 Å². The highest BCUT2D eigenvalue weighted by Crippen LogP contribution is 2.38. The molecular formula is C17H22BrClN2. The van der Waals surface area contributed by atoms with Gasteiger partial charge in [0.2, 0.25) is 0 Å². The van der Waals surface area contributed by atoms with E-state index < -0.39 is 0 Å². The molecule has 21 heavy (non-hydrogen) atoms. The van der Waals surface area contributed by atoms with Crippen LogP contribution in [0.3, 0.4) is 0 Å². The number of benzene rings is 1. The maximum Gasteiger partial charge on any atom is 0.125 e. The second kappa shape index (κ2) is 6.70. The highest BCUT2D eigenvalue weighted by molar-refractivity contribution is 9.10. The molecule has 0 radical (unpaired) electrons. The fourth-order valence-corrected chi connectivity index (χ4v) is 4.37. The minimum atomic E-state index is 0.482. The van der Waals surface area contributed by atoms with E-state index >= 15 is 0 Å². The number of nitrogens with zero attached hydrogens (tertiary/aromatic N) is 2. The van der Waals surface area contributed by atoms with Crippen LogP contribution in [0.2, 0.25) is 0 Å². The van der Waals surface area contributed by atoms with Crippen molar-refractivity contribution in [3.8, 4) is 0 Å². The van der Waals surface area contributed by atoms with Gasteiger partial charge in [-0.3, -0.25) is 0 Å². The molecule has 0 saturated heterocycles. The molecule has 0 bridgehead atoms. The number of halogens is 2. The summed E-state index contributed by atoms with van der Waals surface area (Å²) in [7, 11) is 0. The number of hydrogen-bond donors (Lipinski definition) is 0. The van der Waals surface area contributed by atoms with E-state index in [1.807, 2.05) is 0 Å². The van der Waals surface area contributed by atoms with E-state index in [0.29, 0.717) is 11.9 Å². The van der Waals surface area contributed by atoms with Crippen LogP contribution in [-0.4, -0.2) is 9.55 Å². The molecule has 4 heteroatoms. The Kier molecular flexibility index (Phi) is 4.90. The Bertz CT molecular complexity index is 617. The summed E-state index contributed by atoms with van der Waals surface area (Å²) in [5.74, 6) is 2.27. The summed E-state index contributed by atoms with van der Waals surface area (Å²) in [6.07, 6.45) is 7.97. The van der Waals surface area contributed by atoms with Crippen LogP contribution >= 0.6 is 27.5 Å². The monoisotopic (exact) mass is 368 g/mol. The molecule has 1 fully saturated rings. The van der Waals surface area contributed by atoms with Crippen LogP contribution in [0.25, 0.3) is 11.0 Å². The Morgan fingerprint density at radius 1 is 1.33 bits per heavy atom. The Morgan fingerprint density at radius 2 is 2.10 bits per heavy atom. The van der Waals surface area contributed by atoms with Crippen LogP contribution in [0.15, 0.2) is 22.7 Å². The van der Waals surface area contributed by atoms with Gasteiger partial charge in [0.25, 0.3) is 0 Å². The quantitative estimate of drug-likeness (QED) is 0.598. The Balaban J connectivity index is 2.07. The number of fused-ring (bicyclic) bond motifs is 1. The third-order valence-corrected chi connectivity index (χ3v) is 5.52. The summed E-state index contributed by atoms with van der Waals surface area (Å²) in [6, 6.07) is 6.90. The average Bonchev–Trinajstić information content (AvgIpc) is 2.87. The predicted molar refractivity (Wildman–Crippen MR) is 92.9 cm³/mol. The zero-order valence-corrected chi connectivity index (χ0v) is 14.8. The molecule has 1 aromatic heterocycles. The molecule has 1 aliphatic carbocycles. The minimum absolute atomic E-state index is 0.482. The van der Waals surface area contributed by atoms with Crippen LogP contribution in [0.5, 0.6) is 0 Å². The fourth-order valence-electron chi connectivity index (χ4n) is 3.83. The van der Waals surface area contributed by atoms with Gasteiger partial charge in [0.15, 0.2) is 0 Å². The van der Waals surface area contributed by atoms with Gasteiger partial charge >= 0.3 is 0 Å². The Labute approximate surface area is 140 Å². The van der Waals surface area contributed by atoms with Crippen molar-refractivity contribution in [2.75, 3.05) is 0 Å². The first kappa shape index (κ1) is 15.4. The Hall–Kier alpha value is -0.540. The van der Waals surface area contributed by atoms with Crippen molar-refractivity contribution in [2.24, 2.45) is 5.92 Å². The van der Waals surface area contributed by atoms with E-state index in [1.165, 1.54) is 37.6 Å². The number of aromatic nitrogens is 2. The molecule has 2 nitrogen and oxygen atoms in total. The second-order valence-corrected chi connectivity index (χ2v) is 7.22. The van der Waals surface area contributed by atoms with Crippen molar-refractivity contribution in [3.63, 3.8) is 0 Å². The summed E-state index contributed by atoms with van der Waals surface area (Å²) in [4.78, 5) is 4.76. The lowest BCUT2D eigenvalue weighted by atomic mass is 9.82. The molecule has 0 aliphatic heterocycles. The summed E-state index contributed by atoms with van der Waals surface area (Å²) in [5.41, 5.74) is 2.28. The molecule has 0 spiro atoms. The molecule has 1 heterocycles. The summed E-state index contributed by atoms with van der Waals surface area (Å²) >= 11 is 9.72. The van der Waals surface area contributed by atoms with Gasteiger partial charge in [0.1, 0.15) is 5.82 Å². The molecule has 1 aromatic carbocycles. The molecular weight excluding hydrogens is 348 g/mol. The third kappa shape index (κ3) is 3.00. The molecule has 0 N–H and O–H groups in total. The van der Waals surface area contributed by atoms with Gasteiger partial charge in [-0.2, -0.15) is 0 Å². The molecule has 1 saturated carbocycles. The first-order valence-corrected chi connectivity index (χ1v) is 9.29. The zero-order chi connectivity index (χ0) is 14.8. The van der Waals surface area contributed by atoms with Gasteiger partial charge in [-0.15, -0.1) is 11.6 Å². The summed E-state index contributed by atoms with van der Waals surface area (Å²) in [5, 5.41) is 0. The summed E-state index contributed by atoms with van der Waals surface area (Å²) < 4.78 is 3.50. The smallest absolute Gasteiger partial charge is 0.125 e. The first-order valence-electron chi connectivity index (χ1n) is 7.97. The predicted octanol–water partition coefficient (Wildman–Crippen LogP) is 6.07. The zero-order valence-electron chi connectivity index (χ0n) is 12.5. The maximum absolute atomic E-state index is 6.19. The van der Waals surface area contributed by atoms with Gasteiger partial charge in [0, 0.05) is 10.5 Å². The van der Waals surface area contributed by atoms with Gasteiger partial charge < -0.3 is 4.57 Å². The lowest BCUT2D eigenvalue weighted by Gasteiger charge is -2.32. The van der Waals surface area contributed by atoms with Gasteiger partial charge in [-0.1, -0.05) is 42.1 Å². The molecule has 1 unspecified atom stereocenters. The van der Waals surface area contributed by atoms with Gasteiger partial charge in [-0.05, 0) is 43.4 Å². The minimum Gasteiger partial charge on any atom is -0.324 e. The van der Waals surface area contributed by atoms with Crippen LogP contribution in [0, 0.1) is 5.92 Å². The van der Waals surface area contributed by atoms with Crippen molar-refractivity contribution in [1.82, 2.24) is 9.55 Å². The molecule has 114 valence electrons. The van der Waals surface area contributed by atoms with E-state index in [2.05, 4.69) is 45.6 Å². The Morgan fingerprint density at radius 3 is 2.76 bits per heavy atom. The highest BCUT2D eigenvalue weighted by atomic mass is 79.9. The van der Waals surface area contributed by atoms with Crippen molar-refractivity contribution in [3.05, 3.63) is 28.5 Å². The van der Waals surface area contributed by atoms with Crippen LogP contribution in [0.1, 0.15) is 57.3 Å². The molecule has 1 atom stereocenters. The number of imidazole rings is 1. The van der Waals surface area contributed by atoms with Crippen LogP contribution < -0.4 is 0 Å². The van der Waals surface area contributed by atoms with Crippen molar-refractivity contribution in [2.45, 2.75) is 57.4 Å². The number of hydrogen-bond acceptors (Lipinski definition) is 1. The average molecular weight is 370 g/mol. The fraction of sp³-hybridized carbons (Fsp3) is 0.588. The van der Waals surface area contributed by atoms with Crippen LogP contribution in [0.4, 0.5) is 0 Å². The molecule has 2 aromatic rings. The second-order valence-electron chi connectivity index (χ2n) is 6.04. The van der Waals surface area contributed by atoms with Gasteiger partial charge in [-0.25, -0.2) is 4.98 Å². The highest BCUT2D eigenvalue weighted by Gasteiger charge is 2.26. The standard InChI is InChI=1S/C17H22BrClN2/c1-2-15(12-6-4-3-5-7-12)21-16-9-8-13(18)10-14(16)20-17(21)11-19/h8-10,12,15H,2-7,11H2,1H3. The van der Waals surface area contributed by atoms with E-state index in [9.17, 15) is 0 Å². The first-order chi connectivity index (χ1) is 10.2. The number of rotatable bonds is 4. The van der Waals surface area contributed by atoms with Crippen molar-refractivity contribution >= 4 is 38.6 Å². The maximum atomic E-state index is 6.19. The van der Waals surface area contributed by atoms with Gasteiger partial charge in [0.05, 0.1) is 16.9 Å². The van der Waals surface area contributed by atoms with Crippen LogP contribution in [-0.2, 0) is 5.88 Å². The lowest BCUT2D eigenvalue weighted by molar-refractivity contribution is 0.244.